The van der Waals surface area contributed by atoms with E-state index in [4.69, 9.17) is 0 Å². The van der Waals surface area contributed by atoms with Crippen molar-refractivity contribution in [1.29, 1.82) is 0 Å². The summed E-state index contributed by atoms with van der Waals surface area (Å²) in [5.74, 6) is -2.33. The van der Waals surface area contributed by atoms with Gasteiger partial charge in [-0.2, -0.15) is 0 Å². The van der Waals surface area contributed by atoms with Crippen LogP contribution in [0.15, 0.2) is 23.0 Å². The molecule has 1 fully saturated rings. The van der Waals surface area contributed by atoms with E-state index < -0.39 is 17.2 Å². The molecule has 0 saturated carbocycles. The summed E-state index contributed by atoms with van der Waals surface area (Å²) >= 11 is 0. The first kappa shape index (κ1) is 18.5. The number of halogens is 2. The Morgan fingerprint density at radius 2 is 1.73 bits per heavy atom. The van der Waals surface area contributed by atoms with Crippen LogP contribution >= 0.6 is 0 Å². The van der Waals surface area contributed by atoms with Crippen LogP contribution in [0.3, 0.4) is 0 Å². The summed E-state index contributed by atoms with van der Waals surface area (Å²) in [5.41, 5.74) is -0.209. The third-order valence-electron chi connectivity index (χ3n) is 4.90. The Labute approximate surface area is 150 Å². The zero-order valence-electron chi connectivity index (χ0n) is 15.1. The van der Waals surface area contributed by atoms with Gasteiger partial charge in [0, 0.05) is 32.7 Å². The number of hydrogen-bond acceptors (Lipinski definition) is 3. The lowest BCUT2D eigenvalue weighted by Gasteiger charge is -2.33. The predicted octanol–water partition coefficient (Wildman–Crippen LogP) is 2.47. The highest BCUT2D eigenvalue weighted by Gasteiger charge is 2.24. The predicted molar refractivity (Wildman–Crippen MR) is 96.4 cm³/mol. The molecular formula is C19H23F2N3O2. The second-order valence-electron chi connectivity index (χ2n) is 6.79. The molecule has 7 heteroatoms. The van der Waals surface area contributed by atoms with Gasteiger partial charge in [-0.25, -0.2) is 8.78 Å². The molecule has 0 unspecified atom stereocenters. The van der Waals surface area contributed by atoms with Crippen molar-refractivity contribution in [2.24, 2.45) is 0 Å². The number of carbonyl (C=O) groups excluding carboxylic acids is 1. The van der Waals surface area contributed by atoms with Gasteiger partial charge in [0.05, 0.1) is 5.39 Å². The number of carbonyl (C=O) groups is 1. The minimum atomic E-state index is -1.06. The fourth-order valence-electron chi connectivity index (χ4n) is 3.23. The molecule has 26 heavy (non-hydrogen) atoms. The number of rotatable bonds is 4. The summed E-state index contributed by atoms with van der Waals surface area (Å²) in [7, 11) is 1.99. The SMILES string of the molecule is CCCCn1c(C(=O)N2CCN(C)CC2)cc2cc(F)c(F)cc2c1=O. The van der Waals surface area contributed by atoms with Gasteiger partial charge < -0.3 is 14.4 Å². The topological polar surface area (TPSA) is 45.6 Å². The van der Waals surface area contributed by atoms with Crippen molar-refractivity contribution in [3.63, 3.8) is 0 Å². The van der Waals surface area contributed by atoms with Crippen molar-refractivity contribution >= 4 is 16.7 Å². The largest absolute Gasteiger partial charge is 0.335 e. The van der Waals surface area contributed by atoms with Gasteiger partial charge in [-0.05, 0) is 37.1 Å². The number of benzene rings is 1. The molecule has 1 amide bonds. The number of piperazine rings is 1. The average Bonchev–Trinajstić information content (AvgIpc) is 2.62. The number of likely N-dealkylation sites (N-methyl/N-ethyl adjacent to an activating group) is 1. The first-order chi connectivity index (χ1) is 12.4. The third kappa shape index (κ3) is 3.49. The number of pyridine rings is 1. The monoisotopic (exact) mass is 363 g/mol. The van der Waals surface area contributed by atoms with E-state index in [1.807, 2.05) is 14.0 Å². The van der Waals surface area contributed by atoms with Gasteiger partial charge in [0.2, 0.25) is 0 Å². The van der Waals surface area contributed by atoms with Crippen LogP contribution in [-0.4, -0.2) is 53.5 Å². The van der Waals surface area contributed by atoms with Crippen LogP contribution in [0.25, 0.3) is 10.8 Å². The van der Waals surface area contributed by atoms with E-state index in [1.165, 1.54) is 10.6 Å². The Bertz CT molecular complexity index is 886. The van der Waals surface area contributed by atoms with E-state index in [1.54, 1.807) is 4.90 Å². The molecule has 0 radical (unpaired) electrons. The van der Waals surface area contributed by atoms with Crippen LogP contribution in [0.5, 0.6) is 0 Å². The highest BCUT2D eigenvalue weighted by atomic mass is 19.2. The Morgan fingerprint density at radius 3 is 2.38 bits per heavy atom. The fourth-order valence-corrected chi connectivity index (χ4v) is 3.23. The molecule has 0 spiro atoms. The third-order valence-corrected chi connectivity index (χ3v) is 4.90. The van der Waals surface area contributed by atoms with Gasteiger partial charge in [-0.1, -0.05) is 13.3 Å². The molecule has 0 bridgehead atoms. The Kier molecular flexibility index (Phi) is 5.36. The van der Waals surface area contributed by atoms with Crippen LogP contribution in [0.2, 0.25) is 0 Å². The number of amides is 1. The zero-order chi connectivity index (χ0) is 18.8. The Balaban J connectivity index is 2.11. The molecule has 1 aromatic carbocycles. The van der Waals surface area contributed by atoms with E-state index in [2.05, 4.69) is 4.90 Å². The standard InChI is InChI=1S/C19H23F2N3O2/c1-3-4-5-24-17(19(26)23-8-6-22(2)7-9-23)11-13-10-15(20)16(21)12-14(13)18(24)25/h10-12H,3-9H2,1-2H3. The second-order valence-corrected chi connectivity index (χ2v) is 6.79. The molecule has 140 valence electrons. The summed E-state index contributed by atoms with van der Waals surface area (Å²) in [6, 6.07) is 3.41. The van der Waals surface area contributed by atoms with E-state index in [9.17, 15) is 18.4 Å². The number of fused-ring (bicyclic) bond motifs is 1. The van der Waals surface area contributed by atoms with Gasteiger partial charge in [0.15, 0.2) is 11.6 Å². The zero-order valence-corrected chi connectivity index (χ0v) is 15.1. The van der Waals surface area contributed by atoms with Crippen LogP contribution in [-0.2, 0) is 6.54 Å². The fraction of sp³-hybridized carbons (Fsp3) is 0.474. The Morgan fingerprint density at radius 1 is 1.08 bits per heavy atom. The van der Waals surface area contributed by atoms with E-state index >= 15 is 0 Å². The van der Waals surface area contributed by atoms with Crippen molar-refractivity contribution in [3.8, 4) is 0 Å². The molecule has 5 nitrogen and oxygen atoms in total. The number of unbranched alkanes of at least 4 members (excludes halogenated alkanes) is 1. The van der Waals surface area contributed by atoms with Crippen molar-refractivity contribution in [1.82, 2.24) is 14.4 Å². The van der Waals surface area contributed by atoms with Gasteiger partial charge in [-0.3, -0.25) is 9.59 Å². The summed E-state index contributed by atoms with van der Waals surface area (Å²) in [4.78, 5) is 29.7. The van der Waals surface area contributed by atoms with Gasteiger partial charge in [0.25, 0.3) is 11.5 Å². The van der Waals surface area contributed by atoms with Gasteiger partial charge in [0.1, 0.15) is 5.69 Å². The maximum atomic E-state index is 13.6. The van der Waals surface area contributed by atoms with Crippen molar-refractivity contribution in [2.75, 3.05) is 33.2 Å². The lowest BCUT2D eigenvalue weighted by atomic mass is 10.1. The summed E-state index contributed by atoms with van der Waals surface area (Å²) in [5, 5.41) is 0.342. The lowest BCUT2D eigenvalue weighted by Crippen LogP contribution is -2.48. The van der Waals surface area contributed by atoms with Gasteiger partial charge >= 0.3 is 0 Å². The van der Waals surface area contributed by atoms with Crippen LogP contribution in [0.4, 0.5) is 8.78 Å². The van der Waals surface area contributed by atoms with E-state index in [-0.39, 0.29) is 22.4 Å². The van der Waals surface area contributed by atoms with Crippen LogP contribution in [0.1, 0.15) is 30.3 Å². The molecule has 1 aliphatic heterocycles. The molecule has 0 N–H and O–H groups in total. The highest BCUT2D eigenvalue weighted by molar-refractivity contribution is 5.96. The van der Waals surface area contributed by atoms with Crippen molar-refractivity contribution < 1.29 is 13.6 Å². The number of aromatic nitrogens is 1. The quantitative estimate of drug-likeness (QED) is 0.838. The van der Waals surface area contributed by atoms with Crippen molar-refractivity contribution in [3.05, 3.63) is 45.9 Å². The second kappa shape index (κ2) is 7.53. The van der Waals surface area contributed by atoms with Crippen LogP contribution < -0.4 is 5.56 Å². The normalized spacial score (nSPS) is 15.6. The minimum absolute atomic E-state index is 0.0925. The maximum Gasteiger partial charge on any atom is 0.270 e. The van der Waals surface area contributed by atoms with Gasteiger partial charge in [-0.15, -0.1) is 0 Å². The number of nitrogens with zero attached hydrogens (tertiary/aromatic N) is 3. The molecular weight excluding hydrogens is 340 g/mol. The first-order valence-electron chi connectivity index (χ1n) is 8.92. The summed E-state index contributed by atoms with van der Waals surface area (Å²) in [6.45, 7) is 5.04. The molecule has 0 aliphatic carbocycles. The van der Waals surface area contributed by atoms with E-state index in [0.29, 0.717) is 19.6 Å². The summed E-state index contributed by atoms with van der Waals surface area (Å²) < 4.78 is 28.6. The van der Waals surface area contributed by atoms with Crippen LogP contribution in [0, 0.1) is 11.6 Å². The molecule has 2 heterocycles. The molecule has 2 aromatic rings. The Hall–Kier alpha value is -2.28. The smallest absolute Gasteiger partial charge is 0.270 e. The molecule has 1 saturated heterocycles. The molecule has 1 aliphatic rings. The van der Waals surface area contributed by atoms with E-state index in [0.717, 1.165) is 38.1 Å². The molecule has 0 atom stereocenters. The average molecular weight is 363 g/mol. The summed E-state index contributed by atoms with van der Waals surface area (Å²) in [6.07, 6.45) is 1.57. The minimum Gasteiger partial charge on any atom is -0.335 e. The maximum absolute atomic E-state index is 13.6. The first-order valence-corrected chi connectivity index (χ1v) is 8.92. The number of hydrogen-bond donors (Lipinski definition) is 0. The lowest BCUT2D eigenvalue weighted by molar-refractivity contribution is 0.0651. The highest BCUT2D eigenvalue weighted by Crippen LogP contribution is 2.19. The van der Waals surface area contributed by atoms with Crippen molar-refractivity contribution in [2.45, 2.75) is 26.3 Å². The molecule has 1 aromatic heterocycles. The molecule has 3 rings (SSSR count).